The van der Waals surface area contributed by atoms with Crippen LogP contribution in [0.2, 0.25) is 0 Å². The molecule has 0 radical (unpaired) electrons. The van der Waals surface area contributed by atoms with Gasteiger partial charge in [-0.2, -0.15) is 0 Å². The lowest BCUT2D eigenvalue weighted by Crippen LogP contribution is -2.22. The van der Waals surface area contributed by atoms with Gasteiger partial charge in [-0.3, -0.25) is 4.79 Å². The lowest BCUT2D eigenvalue weighted by molar-refractivity contribution is -0.127. The van der Waals surface area contributed by atoms with Crippen LogP contribution in [0, 0.1) is 11.6 Å². The molecule has 0 bridgehead atoms. The van der Waals surface area contributed by atoms with E-state index in [-0.39, 0.29) is 17.8 Å². The first-order valence-corrected chi connectivity index (χ1v) is 5.25. The minimum absolute atomic E-state index is 0.164. The summed E-state index contributed by atoms with van der Waals surface area (Å²) in [4.78, 5) is 11.7. The summed E-state index contributed by atoms with van der Waals surface area (Å²) >= 11 is 0. The summed E-state index contributed by atoms with van der Waals surface area (Å²) in [7, 11) is 0. The Morgan fingerprint density at radius 3 is 2.62 bits per heavy atom. The van der Waals surface area contributed by atoms with Crippen molar-refractivity contribution in [3.05, 3.63) is 35.4 Å². The average Bonchev–Trinajstić information content (AvgIpc) is 2.76. The maximum atomic E-state index is 13.3. The van der Waals surface area contributed by atoms with Crippen molar-refractivity contribution in [2.45, 2.75) is 25.4 Å². The first-order chi connectivity index (χ1) is 7.68. The Morgan fingerprint density at radius 1 is 1.38 bits per heavy atom. The molecule has 2 nitrogen and oxygen atoms in total. The van der Waals surface area contributed by atoms with E-state index in [0.717, 1.165) is 18.6 Å². The van der Waals surface area contributed by atoms with Crippen LogP contribution < -0.4 is 0 Å². The predicted octanol–water partition coefficient (Wildman–Crippen LogP) is 2.26. The Balaban J connectivity index is 2.11. The van der Waals surface area contributed by atoms with Crippen molar-refractivity contribution in [3.8, 4) is 0 Å². The van der Waals surface area contributed by atoms with E-state index in [1.807, 2.05) is 0 Å². The van der Waals surface area contributed by atoms with Crippen molar-refractivity contribution in [1.29, 1.82) is 0 Å². The number of halogens is 2. The van der Waals surface area contributed by atoms with Crippen LogP contribution >= 0.6 is 0 Å². The molecule has 1 heterocycles. The zero-order valence-corrected chi connectivity index (χ0v) is 8.71. The monoisotopic (exact) mass is 226 g/mol. The minimum atomic E-state index is -0.675. The van der Waals surface area contributed by atoms with Gasteiger partial charge < -0.3 is 4.74 Å². The molecule has 1 unspecified atom stereocenters. The fraction of sp³-hybridized carbons (Fsp3) is 0.417. The molecule has 86 valence electrons. The van der Waals surface area contributed by atoms with Crippen molar-refractivity contribution in [1.82, 2.24) is 0 Å². The van der Waals surface area contributed by atoms with Crippen LogP contribution in [0.15, 0.2) is 18.2 Å². The van der Waals surface area contributed by atoms with Crippen LogP contribution in [0.25, 0.3) is 0 Å². The molecule has 1 fully saturated rings. The molecule has 0 saturated carbocycles. The number of carbonyl (C=O) groups excluding carboxylic acids is 1. The van der Waals surface area contributed by atoms with Crippen molar-refractivity contribution in [3.63, 3.8) is 0 Å². The summed E-state index contributed by atoms with van der Waals surface area (Å²) in [6.45, 7) is 0.552. The highest BCUT2D eigenvalue weighted by molar-refractivity contribution is 5.85. The Labute approximate surface area is 92.2 Å². The van der Waals surface area contributed by atoms with Gasteiger partial charge in [0.1, 0.15) is 17.7 Å². The molecule has 0 N–H and O–H groups in total. The Kier molecular flexibility index (Phi) is 3.29. The van der Waals surface area contributed by atoms with Gasteiger partial charge >= 0.3 is 0 Å². The van der Waals surface area contributed by atoms with Gasteiger partial charge in [-0.05, 0) is 25.0 Å². The third-order valence-electron chi connectivity index (χ3n) is 2.70. The maximum Gasteiger partial charge on any atom is 0.166 e. The molecule has 1 aromatic carbocycles. The third-order valence-corrected chi connectivity index (χ3v) is 2.70. The molecule has 2 rings (SSSR count). The SMILES string of the molecule is O=C(Cc1c(F)cccc1F)C1CCCO1. The van der Waals surface area contributed by atoms with E-state index in [4.69, 9.17) is 4.74 Å². The van der Waals surface area contributed by atoms with Crippen LogP contribution in [-0.4, -0.2) is 18.5 Å². The van der Waals surface area contributed by atoms with Gasteiger partial charge in [0.05, 0.1) is 0 Å². The van der Waals surface area contributed by atoms with Gasteiger partial charge in [-0.1, -0.05) is 6.07 Å². The highest BCUT2D eigenvalue weighted by atomic mass is 19.1. The van der Waals surface area contributed by atoms with E-state index in [1.54, 1.807) is 0 Å². The van der Waals surface area contributed by atoms with Crippen LogP contribution in [0.3, 0.4) is 0 Å². The standard InChI is InChI=1S/C12H12F2O2/c13-9-3-1-4-10(14)8(9)7-11(15)12-5-2-6-16-12/h1,3-4,12H,2,5-7H2. The Hall–Kier alpha value is -1.29. The van der Waals surface area contributed by atoms with Crippen molar-refractivity contribution < 1.29 is 18.3 Å². The molecule has 0 aliphatic carbocycles. The number of Topliss-reactive ketones (excluding diaryl/α,β-unsaturated/α-hetero) is 1. The van der Waals surface area contributed by atoms with Crippen molar-refractivity contribution in [2.75, 3.05) is 6.61 Å². The summed E-state index contributed by atoms with van der Waals surface area (Å²) in [6, 6.07) is 3.59. The number of rotatable bonds is 3. The average molecular weight is 226 g/mol. The third kappa shape index (κ3) is 2.27. The molecule has 1 aliphatic rings. The van der Waals surface area contributed by atoms with Gasteiger partial charge in [0.25, 0.3) is 0 Å². The number of ether oxygens (including phenoxy) is 1. The Morgan fingerprint density at radius 2 is 2.06 bits per heavy atom. The number of carbonyl (C=O) groups is 1. The lowest BCUT2D eigenvalue weighted by Gasteiger charge is -2.09. The molecular formula is C12H12F2O2. The smallest absolute Gasteiger partial charge is 0.166 e. The van der Waals surface area contributed by atoms with E-state index in [1.165, 1.54) is 6.07 Å². The molecule has 0 spiro atoms. The minimum Gasteiger partial charge on any atom is -0.370 e. The predicted molar refractivity (Wildman–Crippen MR) is 54.0 cm³/mol. The second kappa shape index (κ2) is 4.70. The summed E-state index contributed by atoms with van der Waals surface area (Å²) < 4.78 is 31.7. The normalized spacial score (nSPS) is 20.0. The molecule has 0 aromatic heterocycles. The maximum absolute atomic E-state index is 13.3. The van der Waals surface area contributed by atoms with Gasteiger partial charge in [0.2, 0.25) is 0 Å². The molecule has 0 amide bonds. The van der Waals surface area contributed by atoms with Gasteiger partial charge in [-0.25, -0.2) is 8.78 Å². The summed E-state index contributed by atoms with van der Waals surface area (Å²) in [5.41, 5.74) is -0.164. The lowest BCUT2D eigenvalue weighted by atomic mass is 10.0. The number of hydrogen-bond acceptors (Lipinski definition) is 2. The van der Waals surface area contributed by atoms with E-state index in [0.29, 0.717) is 13.0 Å². The second-order valence-corrected chi connectivity index (χ2v) is 3.84. The number of benzene rings is 1. The van der Waals surface area contributed by atoms with E-state index >= 15 is 0 Å². The summed E-state index contributed by atoms with van der Waals surface area (Å²) in [5.74, 6) is -1.60. The molecule has 4 heteroatoms. The highest BCUT2D eigenvalue weighted by Gasteiger charge is 2.25. The van der Waals surface area contributed by atoms with Crippen LogP contribution in [0.1, 0.15) is 18.4 Å². The first kappa shape index (κ1) is 11.2. The summed E-state index contributed by atoms with van der Waals surface area (Å²) in [5, 5.41) is 0. The van der Waals surface area contributed by atoms with Gasteiger partial charge in [0, 0.05) is 18.6 Å². The molecule has 1 atom stereocenters. The van der Waals surface area contributed by atoms with Gasteiger partial charge in [-0.15, -0.1) is 0 Å². The molecule has 16 heavy (non-hydrogen) atoms. The van der Waals surface area contributed by atoms with Gasteiger partial charge in [0.15, 0.2) is 5.78 Å². The largest absolute Gasteiger partial charge is 0.370 e. The van der Waals surface area contributed by atoms with E-state index in [9.17, 15) is 13.6 Å². The van der Waals surface area contributed by atoms with E-state index in [2.05, 4.69) is 0 Å². The molecule has 1 aliphatic heterocycles. The second-order valence-electron chi connectivity index (χ2n) is 3.84. The van der Waals surface area contributed by atoms with Crippen molar-refractivity contribution in [2.24, 2.45) is 0 Å². The zero-order chi connectivity index (χ0) is 11.5. The first-order valence-electron chi connectivity index (χ1n) is 5.25. The van der Waals surface area contributed by atoms with Crippen LogP contribution in [-0.2, 0) is 16.0 Å². The quantitative estimate of drug-likeness (QED) is 0.790. The molecular weight excluding hydrogens is 214 g/mol. The topological polar surface area (TPSA) is 26.3 Å². The summed E-state index contributed by atoms with van der Waals surface area (Å²) in [6.07, 6.45) is 0.757. The fourth-order valence-electron chi connectivity index (χ4n) is 1.82. The molecule has 1 saturated heterocycles. The Bertz CT molecular complexity index is 378. The molecule has 1 aromatic rings. The zero-order valence-electron chi connectivity index (χ0n) is 8.71. The van der Waals surface area contributed by atoms with E-state index < -0.39 is 17.7 Å². The van der Waals surface area contributed by atoms with Crippen LogP contribution in [0.5, 0.6) is 0 Å². The number of hydrogen-bond donors (Lipinski definition) is 0. The number of ketones is 1. The van der Waals surface area contributed by atoms with Crippen molar-refractivity contribution >= 4 is 5.78 Å². The van der Waals surface area contributed by atoms with Crippen LogP contribution in [0.4, 0.5) is 8.78 Å². The highest BCUT2D eigenvalue weighted by Crippen LogP contribution is 2.18. The fourth-order valence-corrected chi connectivity index (χ4v) is 1.82.